The molecule has 2 amide bonds. The van der Waals surface area contributed by atoms with Crippen LogP contribution in [0.4, 0.5) is 4.79 Å². The van der Waals surface area contributed by atoms with Crippen LogP contribution < -0.4 is 10.6 Å². The number of carbonyl (C=O) groups excluding carboxylic acids is 2. The van der Waals surface area contributed by atoms with Crippen molar-refractivity contribution in [2.45, 2.75) is 24.8 Å². The predicted octanol–water partition coefficient (Wildman–Crippen LogP) is 4.17. The van der Waals surface area contributed by atoms with Crippen molar-refractivity contribution in [3.63, 3.8) is 0 Å². The molecule has 0 heterocycles. The number of ether oxygens (including phenoxy) is 1. The summed E-state index contributed by atoms with van der Waals surface area (Å²) >= 11 is 0. The van der Waals surface area contributed by atoms with Gasteiger partial charge in [0, 0.05) is 18.9 Å². The second-order valence-corrected chi connectivity index (χ2v) is 7.91. The van der Waals surface area contributed by atoms with Crippen LogP contribution in [0.15, 0.2) is 78.9 Å². The third kappa shape index (κ3) is 5.21. The van der Waals surface area contributed by atoms with Crippen LogP contribution in [0.25, 0.3) is 11.1 Å². The molecule has 1 aliphatic carbocycles. The van der Waals surface area contributed by atoms with Crippen molar-refractivity contribution in [1.29, 1.82) is 5.26 Å². The van der Waals surface area contributed by atoms with Crippen LogP contribution in [0.5, 0.6) is 0 Å². The number of fused-ring (bicyclic) bond motifs is 3. The zero-order valence-electron chi connectivity index (χ0n) is 18.2. The number of rotatable bonds is 8. The normalized spacial score (nSPS) is 12.7. The fraction of sp³-hybridized carbons (Fsp3) is 0.222. The Bertz CT molecular complexity index is 1120. The summed E-state index contributed by atoms with van der Waals surface area (Å²) in [6.07, 6.45) is -0.119. The van der Waals surface area contributed by atoms with Crippen molar-refractivity contribution in [3.05, 3.63) is 95.6 Å². The standard InChI is InChI=1S/C27H25N3O3/c28-15-8-16-29-26(31)25(17-19-9-2-1-3-10-19)30-27(32)33-18-24-22-13-6-4-11-20(22)21-12-5-7-14-23(21)24/h1-7,9-14,24-25H,8,16-18H2,(H,29,31)(H,30,32). The van der Waals surface area contributed by atoms with Crippen molar-refractivity contribution in [2.75, 3.05) is 13.2 Å². The zero-order valence-corrected chi connectivity index (χ0v) is 18.2. The smallest absolute Gasteiger partial charge is 0.407 e. The second kappa shape index (κ2) is 10.5. The van der Waals surface area contributed by atoms with Crippen molar-refractivity contribution >= 4 is 12.0 Å². The molecule has 0 aromatic heterocycles. The van der Waals surface area contributed by atoms with Crippen molar-refractivity contribution in [1.82, 2.24) is 10.6 Å². The Morgan fingerprint density at radius 2 is 1.52 bits per heavy atom. The van der Waals surface area contributed by atoms with Crippen molar-refractivity contribution < 1.29 is 14.3 Å². The van der Waals surface area contributed by atoms with Gasteiger partial charge in [-0.1, -0.05) is 78.9 Å². The molecule has 0 spiro atoms. The maximum atomic E-state index is 12.7. The van der Waals surface area contributed by atoms with E-state index in [1.165, 1.54) is 0 Å². The van der Waals surface area contributed by atoms with E-state index in [9.17, 15) is 9.59 Å². The Labute approximate surface area is 193 Å². The highest BCUT2D eigenvalue weighted by Crippen LogP contribution is 2.44. The van der Waals surface area contributed by atoms with Gasteiger partial charge in [-0.05, 0) is 27.8 Å². The molecule has 0 aliphatic heterocycles. The number of amides is 2. The van der Waals surface area contributed by atoms with Crippen molar-refractivity contribution in [2.24, 2.45) is 0 Å². The molecule has 0 fully saturated rings. The summed E-state index contributed by atoms with van der Waals surface area (Å²) in [7, 11) is 0. The summed E-state index contributed by atoms with van der Waals surface area (Å²) < 4.78 is 5.60. The van der Waals surface area contributed by atoms with E-state index in [4.69, 9.17) is 10.00 Å². The number of carbonyl (C=O) groups is 2. The highest BCUT2D eigenvalue weighted by molar-refractivity contribution is 5.86. The summed E-state index contributed by atoms with van der Waals surface area (Å²) in [5.74, 6) is -0.400. The molecular weight excluding hydrogens is 414 g/mol. The number of nitrogens with one attached hydrogen (secondary N) is 2. The molecular formula is C27H25N3O3. The van der Waals surface area contributed by atoms with Gasteiger partial charge >= 0.3 is 6.09 Å². The molecule has 3 aromatic carbocycles. The number of hydrogen-bond donors (Lipinski definition) is 2. The van der Waals surface area contributed by atoms with Crippen LogP contribution in [0.2, 0.25) is 0 Å². The summed E-state index contributed by atoms with van der Waals surface area (Å²) in [6, 6.07) is 26.9. The van der Waals surface area contributed by atoms with Crippen LogP contribution in [-0.4, -0.2) is 31.2 Å². The molecule has 166 valence electrons. The highest BCUT2D eigenvalue weighted by Gasteiger charge is 2.29. The molecule has 3 aromatic rings. The van der Waals surface area contributed by atoms with Gasteiger partial charge in [0.15, 0.2) is 0 Å². The van der Waals surface area contributed by atoms with E-state index in [0.717, 1.165) is 27.8 Å². The first-order valence-corrected chi connectivity index (χ1v) is 11.0. The minimum absolute atomic E-state index is 0.0554. The first-order chi connectivity index (χ1) is 16.2. The molecule has 1 atom stereocenters. The van der Waals surface area contributed by atoms with Gasteiger partial charge < -0.3 is 15.4 Å². The number of alkyl carbamates (subject to hydrolysis) is 1. The van der Waals surface area contributed by atoms with Crippen LogP contribution in [-0.2, 0) is 16.0 Å². The Hall–Kier alpha value is -4.11. The highest BCUT2D eigenvalue weighted by atomic mass is 16.5. The van der Waals surface area contributed by atoms with Gasteiger partial charge in [-0.25, -0.2) is 4.79 Å². The van der Waals surface area contributed by atoms with Gasteiger partial charge in [-0.3, -0.25) is 4.79 Å². The fourth-order valence-corrected chi connectivity index (χ4v) is 4.21. The first-order valence-electron chi connectivity index (χ1n) is 11.0. The molecule has 33 heavy (non-hydrogen) atoms. The lowest BCUT2D eigenvalue weighted by Gasteiger charge is -2.20. The SMILES string of the molecule is N#CCCNC(=O)C(Cc1ccccc1)NC(=O)OCC1c2ccccc2-c2ccccc21. The fourth-order valence-electron chi connectivity index (χ4n) is 4.21. The van der Waals surface area contributed by atoms with Crippen LogP contribution in [0.3, 0.4) is 0 Å². The second-order valence-electron chi connectivity index (χ2n) is 7.91. The minimum Gasteiger partial charge on any atom is -0.449 e. The molecule has 0 saturated heterocycles. The van der Waals surface area contributed by atoms with Crippen molar-refractivity contribution in [3.8, 4) is 17.2 Å². The maximum Gasteiger partial charge on any atom is 0.407 e. The third-order valence-electron chi connectivity index (χ3n) is 5.77. The van der Waals surface area contributed by atoms with Crippen LogP contribution >= 0.6 is 0 Å². The van der Waals surface area contributed by atoms with E-state index in [0.29, 0.717) is 6.42 Å². The molecule has 2 N–H and O–H groups in total. The zero-order chi connectivity index (χ0) is 23.0. The van der Waals surface area contributed by atoms with E-state index < -0.39 is 12.1 Å². The van der Waals surface area contributed by atoms with E-state index in [1.54, 1.807) is 0 Å². The maximum absolute atomic E-state index is 12.7. The number of hydrogen-bond acceptors (Lipinski definition) is 4. The molecule has 0 radical (unpaired) electrons. The Balaban J connectivity index is 1.43. The Morgan fingerprint density at radius 1 is 0.909 bits per heavy atom. The van der Waals surface area contributed by atoms with Crippen LogP contribution in [0.1, 0.15) is 29.0 Å². The summed E-state index contributed by atoms with van der Waals surface area (Å²) in [6.45, 7) is 0.404. The molecule has 1 unspecified atom stereocenters. The van der Waals surface area contributed by atoms with Gasteiger partial charge in [0.2, 0.25) is 5.91 Å². The largest absolute Gasteiger partial charge is 0.449 e. The Morgan fingerprint density at radius 3 is 2.15 bits per heavy atom. The molecule has 6 heteroatoms. The Kier molecular flexibility index (Phi) is 7.01. The van der Waals surface area contributed by atoms with E-state index in [1.807, 2.05) is 60.7 Å². The molecule has 6 nitrogen and oxygen atoms in total. The first kappa shape index (κ1) is 22.1. The van der Waals surface area contributed by atoms with Gasteiger partial charge in [0.05, 0.1) is 12.5 Å². The number of nitrogens with zero attached hydrogens (tertiary/aromatic N) is 1. The molecule has 0 saturated carbocycles. The summed E-state index contributed by atoms with van der Waals surface area (Å²) in [5, 5.41) is 14.1. The van der Waals surface area contributed by atoms with E-state index in [-0.39, 0.29) is 31.4 Å². The third-order valence-corrected chi connectivity index (χ3v) is 5.77. The average molecular weight is 440 g/mol. The topological polar surface area (TPSA) is 91.2 Å². The quantitative estimate of drug-likeness (QED) is 0.516. The van der Waals surface area contributed by atoms with E-state index in [2.05, 4.69) is 34.9 Å². The minimum atomic E-state index is -0.804. The monoisotopic (exact) mass is 439 g/mol. The lowest BCUT2D eigenvalue weighted by Crippen LogP contribution is -2.48. The van der Waals surface area contributed by atoms with Gasteiger partial charge in [0.1, 0.15) is 12.6 Å². The molecule has 0 bridgehead atoms. The molecule has 1 aliphatic rings. The van der Waals surface area contributed by atoms with Gasteiger partial charge in [0.25, 0.3) is 0 Å². The van der Waals surface area contributed by atoms with Gasteiger partial charge in [-0.2, -0.15) is 5.26 Å². The van der Waals surface area contributed by atoms with E-state index >= 15 is 0 Å². The van der Waals surface area contributed by atoms with Gasteiger partial charge in [-0.15, -0.1) is 0 Å². The lowest BCUT2D eigenvalue weighted by molar-refractivity contribution is -0.123. The predicted molar refractivity (Wildman–Crippen MR) is 125 cm³/mol. The number of benzene rings is 3. The number of nitriles is 1. The lowest BCUT2D eigenvalue weighted by atomic mass is 9.98. The summed E-state index contributed by atoms with van der Waals surface area (Å²) in [4.78, 5) is 25.3. The average Bonchev–Trinajstić information content (AvgIpc) is 3.17. The van der Waals surface area contributed by atoms with Crippen LogP contribution in [0, 0.1) is 11.3 Å². The molecule has 4 rings (SSSR count). The summed E-state index contributed by atoms with van der Waals surface area (Å²) in [5.41, 5.74) is 5.47.